The lowest BCUT2D eigenvalue weighted by atomic mass is 10.3. The molecule has 0 aliphatic heterocycles. The van der Waals surface area contributed by atoms with E-state index in [1.54, 1.807) is 31.9 Å². The van der Waals surface area contributed by atoms with Gasteiger partial charge in [-0.05, 0) is 13.0 Å². The van der Waals surface area contributed by atoms with Crippen molar-refractivity contribution in [3.63, 3.8) is 0 Å². The lowest BCUT2D eigenvalue weighted by Crippen LogP contribution is -2.27. The Balaban J connectivity index is 2.33. The molecule has 0 aliphatic rings. The molecule has 21 heavy (non-hydrogen) atoms. The monoisotopic (exact) mass is 290 g/mol. The molecule has 0 saturated heterocycles. The van der Waals surface area contributed by atoms with Crippen LogP contribution in [0, 0.1) is 0 Å². The predicted octanol–water partition coefficient (Wildman–Crippen LogP) is 0.591. The smallest absolute Gasteiger partial charge is 0.274 e. The molecule has 8 heteroatoms. The summed E-state index contributed by atoms with van der Waals surface area (Å²) in [6, 6.07) is 1.60. The first-order valence-electron chi connectivity index (χ1n) is 6.52. The standard InChI is InChI=1S/C13H18N6O2/c1-5-19-11(13(21)17(2)3)9(8-15-19)16-12(20)10-6-7-14-18(10)4/h6-8H,5H2,1-4H3,(H,16,20). The second-order valence-corrected chi connectivity index (χ2v) is 4.72. The number of carbonyl (C=O) groups excluding carboxylic acids is 2. The van der Waals surface area contributed by atoms with Gasteiger partial charge in [0.15, 0.2) is 0 Å². The number of aromatic nitrogens is 4. The summed E-state index contributed by atoms with van der Waals surface area (Å²) in [5.41, 5.74) is 1.15. The predicted molar refractivity (Wildman–Crippen MR) is 77.1 cm³/mol. The second-order valence-electron chi connectivity index (χ2n) is 4.72. The Morgan fingerprint density at radius 3 is 2.57 bits per heavy atom. The van der Waals surface area contributed by atoms with Gasteiger partial charge in [-0.3, -0.25) is 19.0 Å². The summed E-state index contributed by atoms with van der Waals surface area (Å²) in [4.78, 5) is 25.9. The van der Waals surface area contributed by atoms with Gasteiger partial charge in [-0.1, -0.05) is 0 Å². The molecule has 0 spiro atoms. The molecule has 0 radical (unpaired) electrons. The van der Waals surface area contributed by atoms with Gasteiger partial charge in [-0.2, -0.15) is 10.2 Å². The molecule has 8 nitrogen and oxygen atoms in total. The second kappa shape index (κ2) is 5.78. The molecular weight excluding hydrogens is 272 g/mol. The van der Waals surface area contributed by atoms with Crippen LogP contribution in [0.2, 0.25) is 0 Å². The molecule has 1 N–H and O–H groups in total. The maximum Gasteiger partial charge on any atom is 0.274 e. The Hall–Kier alpha value is -2.64. The van der Waals surface area contributed by atoms with E-state index in [0.717, 1.165) is 0 Å². The first-order valence-corrected chi connectivity index (χ1v) is 6.52. The van der Waals surface area contributed by atoms with Crippen molar-refractivity contribution in [1.82, 2.24) is 24.5 Å². The van der Waals surface area contributed by atoms with Crippen molar-refractivity contribution >= 4 is 17.5 Å². The van der Waals surface area contributed by atoms with Crippen LogP contribution in [0.1, 0.15) is 27.9 Å². The van der Waals surface area contributed by atoms with Gasteiger partial charge in [-0.15, -0.1) is 0 Å². The number of hydrogen-bond acceptors (Lipinski definition) is 4. The zero-order valence-corrected chi connectivity index (χ0v) is 12.5. The van der Waals surface area contributed by atoms with E-state index < -0.39 is 0 Å². The molecule has 0 unspecified atom stereocenters. The van der Waals surface area contributed by atoms with Crippen molar-refractivity contribution in [1.29, 1.82) is 0 Å². The average molecular weight is 290 g/mol. The maximum absolute atomic E-state index is 12.2. The van der Waals surface area contributed by atoms with Gasteiger partial charge in [0.1, 0.15) is 11.4 Å². The number of aryl methyl sites for hydroxylation is 2. The Morgan fingerprint density at radius 1 is 1.33 bits per heavy atom. The van der Waals surface area contributed by atoms with Crippen molar-refractivity contribution in [2.24, 2.45) is 7.05 Å². The van der Waals surface area contributed by atoms with Crippen LogP contribution in [0.4, 0.5) is 5.69 Å². The molecule has 0 fully saturated rings. The van der Waals surface area contributed by atoms with E-state index in [4.69, 9.17) is 0 Å². The minimum atomic E-state index is -0.335. The van der Waals surface area contributed by atoms with E-state index in [0.29, 0.717) is 23.6 Å². The largest absolute Gasteiger partial charge is 0.343 e. The Labute approximate surface area is 122 Å². The zero-order chi connectivity index (χ0) is 15.6. The van der Waals surface area contributed by atoms with Gasteiger partial charge in [0.25, 0.3) is 11.8 Å². The number of rotatable bonds is 4. The first-order chi connectivity index (χ1) is 9.95. The number of carbonyl (C=O) groups is 2. The van der Waals surface area contributed by atoms with Crippen LogP contribution in [0.3, 0.4) is 0 Å². The topological polar surface area (TPSA) is 85.0 Å². The lowest BCUT2D eigenvalue weighted by molar-refractivity contribution is 0.0816. The van der Waals surface area contributed by atoms with Crippen LogP contribution >= 0.6 is 0 Å². The van der Waals surface area contributed by atoms with Crippen LogP contribution in [-0.4, -0.2) is 50.4 Å². The van der Waals surface area contributed by atoms with Gasteiger partial charge in [0.2, 0.25) is 0 Å². The van der Waals surface area contributed by atoms with Crippen molar-refractivity contribution in [3.8, 4) is 0 Å². The van der Waals surface area contributed by atoms with E-state index in [9.17, 15) is 9.59 Å². The van der Waals surface area contributed by atoms with Gasteiger partial charge >= 0.3 is 0 Å². The molecule has 2 amide bonds. The normalized spacial score (nSPS) is 10.5. The fraction of sp³-hybridized carbons (Fsp3) is 0.385. The molecule has 2 rings (SSSR count). The van der Waals surface area contributed by atoms with Crippen LogP contribution in [-0.2, 0) is 13.6 Å². The third-order valence-electron chi connectivity index (χ3n) is 3.05. The highest BCUT2D eigenvalue weighted by Crippen LogP contribution is 2.17. The number of anilines is 1. The number of nitrogens with zero attached hydrogens (tertiary/aromatic N) is 5. The number of amides is 2. The number of hydrogen-bond donors (Lipinski definition) is 1. The third kappa shape index (κ3) is 2.78. The highest BCUT2D eigenvalue weighted by Gasteiger charge is 2.22. The maximum atomic E-state index is 12.2. The minimum Gasteiger partial charge on any atom is -0.343 e. The third-order valence-corrected chi connectivity index (χ3v) is 3.05. The molecular formula is C13H18N6O2. The van der Waals surface area contributed by atoms with Crippen LogP contribution in [0.25, 0.3) is 0 Å². The highest BCUT2D eigenvalue weighted by molar-refractivity contribution is 6.07. The molecule has 0 atom stereocenters. The molecule has 0 aliphatic carbocycles. The van der Waals surface area contributed by atoms with Gasteiger partial charge in [-0.25, -0.2) is 0 Å². The molecule has 2 aromatic heterocycles. The lowest BCUT2D eigenvalue weighted by Gasteiger charge is -2.13. The zero-order valence-electron chi connectivity index (χ0n) is 12.5. The fourth-order valence-corrected chi connectivity index (χ4v) is 1.94. The van der Waals surface area contributed by atoms with Crippen molar-refractivity contribution in [3.05, 3.63) is 29.8 Å². The van der Waals surface area contributed by atoms with Crippen LogP contribution < -0.4 is 5.32 Å². The molecule has 112 valence electrons. The van der Waals surface area contributed by atoms with Gasteiger partial charge in [0.05, 0.1) is 11.9 Å². The molecule has 2 heterocycles. The molecule has 0 saturated carbocycles. The van der Waals surface area contributed by atoms with E-state index in [1.165, 1.54) is 22.0 Å². The average Bonchev–Trinajstić information content (AvgIpc) is 3.03. The minimum absolute atomic E-state index is 0.213. The Morgan fingerprint density at radius 2 is 2.05 bits per heavy atom. The summed E-state index contributed by atoms with van der Waals surface area (Å²) in [5.74, 6) is -0.548. The molecule has 2 aromatic rings. The molecule has 0 aromatic carbocycles. The highest BCUT2D eigenvalue weighted by atomic mass is 16.2. The quantitative estimate of drug-likeness (QED) is 0.893. The van der Waals surface area contributed by atoms with E-state index >= 15 is 0 Å². The Kier molecular flexibility index (Phi) is 4.06. The van der Waals surface area contributed by atoms with E-state index in [1.807, 2.05) is 6.92 Å². The fourth-order valence-electron chi connectivity index (χ4n) is 1.94. The first kappa shape index (κ1) is 14.8. The summed E-state index contributed by atoms with van der Waals surface area (Å²) >= 11 is 0. The SMILES string of the molecule is CCn1ncc(NC(=O)c2ccnn2C)c1C(=O)N(C)C. The van der Waals surface area contributed by atoms with Crippen LogP contribution in [0.15, 0.2) is 18.5 Å². The summed E-state index contributed by atoms with van der Waals surface area (Å²) in [6.45, 7) is 2.42. The van der Waals surface area contributed by atoms with Gasteiger partial charge < -0.3 is 10.2 Å². The number of nitrogens with one attached hydrogen (secondary N) is 1. The Bertz CT molecular complexity index is 670. The van der Waals surface area contributed by atoms with E-state index in [2.05, 4.69) is 15.5 Å². The van der Waals surface area contributed by atoms with Crippen LogP contribution in [0.5, 0.6) is 0 Å². The summed E-state index contributed by atoms with van der Waals surface area (Å²) in [5, 5.41) is 10.8. The van der Waals surface area contributed by atoms with Crippen molar-refractivity contribution < 1.29 is 9.59 Å². The van der Waals surface area contributed by atoms with E-state index in [-0.39, 0.29) is 11.8 Å². The summed E-state index contributed by atoms with van der Waals surface area (Å²) in [6.07, 6.45) is 3.02. The summed E-state index contributed by atoms with van der Waals surface area (Å²) < 4.78 is 3.02. The summed E-state index contributed by atoms with van der Waals surface area (Å²) in [7, 11) is 4.99. The van der Waals surface area contributed by atoms with Crippen molar-refractivity contribution in [2.75, 3.05) is 19.4 Å². The molecule has 0 bridgehead atoms. The van der Waals surface area contributed by atoms with Gasteiger partial charge in [0, 0.05) is 33.9 Å². The van der Waals surface area contributed by atoms with Crippen molar-refractivity contribution in [2.45, 2.75) is 13.5 Å².